The van der Waals surface area contributed by atoms with E-state index in [4.69, 9.17) is 17.0 Å². The average Bonchev–Trinajstić information content (AvgIpc) is 2.90. The normalized spacial score (nSPS) is 15.6. The van der Waals surface area contributed by atoms with E-state index in [0.29, 0.717) is 27.3 Å². The van der Waals surface area contributed by atoms with E-state index >= 15 is 0 Å². The molecule has 1 saturated heterocycles. The molecule has 1 fully saturated rings. The molecular formula is C19H14NO4S2-. The Morgan fingerprint density at radius 2 is 2.04 bits per heavy atom. The maximum Gasteiger partial charge on any atom is 0.270 e. The molecule has 2 aromatic carbocycles. The van der Waals surface area contributed by atoms with Crippen LogP contribution in [0.5, 0.6) is 5.75 Å². The van der Waals surface area contributed by atoms with Crippen molar-refractivity contribution in [2.75, 3.05) is 11.5 Å². The zero-order valence-corrected chi connectivity index (χ0v) is 15.4. The van der Waals surface area contributed by atoms with Crippen molar-refractivity contribution in [1.29, 1.82) is 0 Å². The maximum atomic E-state index is 12.8. The zero-order chi connectivity index (χ0) is 18.7. The second-order valence-electron chi connectivity index (χ2n) is 5.33. The zero-order valence-electron chi connectivity index (χ0n) is 13.8. The number of anilines is 1. The van der Waals surface area contributed by atoms with Crippen molar-refractivity contribution in [3.63, 3.8) is 0 Å². The fourth-order valence-electron chi connectivity index (χ4n) is 2.49. The quantitative estimate of drug-likeness (QED) is 0.583. The largest absolute Gasteiger partial charge is 0.545 e. The van der Waals surface area contributed by atoms with Gasteiger partial charge in [0.25, 0.3) is 5.91 Å². The van der Waals surface area contributed by atoms with Gasteiger partial charge >= 0.3 is 0 Å². The number of carboxylic acid groups (broad SMARTS) is 1. The molecule has 5 nitrogen and oxygen atoms in total. The number of carbonyl (C=O) groups is 2. The number of aromatic carboxylic acids is 1. The van der Waals surface area contributed by atoms with E-state index in [1.54, 1.807) is 18.2 Å². The number of carbonyl (C=O) groups excluding carboxylic acids is 2. The summed E-state index contributed by atoms with van der Waals surface area (Å²) in [5.74, 6) is -0.931. The Balaban J connectivity index is 1.95. The van der Waals surface area contributed by atoms with E-state index < -0.39 is 5.97 Å². The lowest BCUT2D eigenvalue weighted by molar-refractivity contribution is -0.255. The Labute approximate surface area is 160 Å². The number of amides is 1. The van der Waals surface area contributed by atoms with Crippen molar-refractivity contribution in [3.05, 3.63) is 64.6 Å². The van der Waals surface area contributed by atoms with E-state index in [-0.39, 0.29) is 11.5 Å². The predicted molar refractivity (Wildman–Crippen MR) is 104 cm³/mol. The van der Waals surface area contributed by atoms with Crippen LogP contribution in [0, 0.1) is 0 Å². The first-order valence-corrected chi connectivity index (χ1v) is 9.05. The first kappa shape index (κ1) is 18.2. The summed E-state index contributed by atoms with van der Waals surface area (Å²) in [5, 5.41) is 11.1. The number of thiocarbonyl (C=S) groups is 1. The van der Waals surface area contributed by atoms with Crippen LogP contribution in [-0.4, -0.2) is 22.8 Å². The minimum absolute atomic E-state index is 0.0118. The number of rotatable bonds is 5. The van der Waals surface area contributed by atoms with Crippen LogP contribution < -0.4 is 14.7 Å². The van der Waals surface area contributed by atoms with Gasteiger partial charge in [-0.3, -0.25) is 9.69 Å². The van der Waals surface area contributed by atoms with Crippen molar-refractivity contribution in [2.45, 2.75) is 6.92 Å². The van der Waals surface area contributed by atoms with Gasteiger partial charge in [0.2, 0.25) is 0 Å². The fraction of sp³-hybridized carbons (Fsp3) is 0.105. The molecule has 0 aliphatic carbocycles. The van der Waals surface area contributed by atoms with Gasteiger partial charge in [0, 0.05) is 5.56 Å². The van der Waals surface area contributed by atoms with Crippen molar-refractivity contribution in [2.24, 2.45) is 0 Å². The van der Waals surface area contributed by atoms with Crippen molar-refractivity contribution < 1.29 is 19.4 Å². The maximum absolute atomic E-state index is 12.8. The standard InChI is InChI=1S/C19H15NO4S2/c1-2-24-15-9-4-3-6-12(15)11-16-17(21)20(19(25)26-16)14-8-5-7-13(10-14)18(22)23/h3-11H,2H2,1H3,(H,22,23)/p-1/b16-11-. The van der Waals surface area contributed by atoms with Crippen LogP contribution in [0.1, 0.15) is 22.8 Å². The van der Waals surface area contributed by atoms with Gasteiger partial charge < -0.3 is 14.6 Å². The van der Waals surface area contributed by atoms with Crippen LogP contribution in [0.4, 0.5) is 5.69 Å². The molecule has 0 bridgehead atoms. The number of carboxylic acids is 1. The second-order valence-corrected chi connectivity index (χ2v) is 7.00. The number of ether oxygens (including phenoxy) is 1. The molecule has 1 heterocycles. The highest BCUT2D eigenvalue weighted by atomic mass is 32.2. The smallest absolute Gasteiger partial charge is 0.270 e. The Kier molecular flexibility index (Phi) is 5.39. The number of thioether (sulfide) groups is 1. The highest BCUT2D eigenvalue weighted by Crippen LogP contribution is 2.37. The summed E-state index contributed by atoms with van der Waals surface area (Å²) in [7, 11) is 0. The van der Waals surface area contributed by atoms with Gasteiger partial charge in [-0.25, -0.2) is 0 Å². The van der Waals surface area contributed by atoms with E-state index in [1.807, 2.05) is 31.2 Å². The molecule has 7 heteroatoms. The van der Waals surface area contributed by atoms with E-state index in [1.165, 1.54) is 17.0 Å². The third-order valence-electron chi connectivity index (χ3n) is 3.64. The van der Waals surface area contributed by atoms with Gasteiger partial charge in [-0.2, -0.15) is 0 Å². The SMILES string of the molecule is CCOc1ccccc1/C=C1\SC(=S)N(c2cccc(C(=O)[O-])c2)C1=O. The van der Waals surface area contributed by atoms with Gasteiger partial charge in [-0.15, -0.1) is 0 Å². The number of nitrogens with zero attached hydrogens (tertiary/aromatic N) is 1. The second kappa shape index (κ2) is 7.72. The topological polar surface area (TPSA) is 69.7 Å². The van der Waals surface area contributed by atoms with Gasteiger partial charge in [0.05, 0.1) is 23.2 Å². The summed E-state index contributed by atoms with van der Waals surface area (Å²) in [6.45, 7) is 2.41. The first-order valence-electron chi connectivity index (χ1n) is 7.82. The number of para-hydroxylation sites is 1. The summed E-state index contributed by atoms with van der Waals surface area (Å²) in [5.41, 5.74) is 1.16. The summed E-state index contributed by atoms with van der Waals surface area (Å²) in [4.78, 5) is 25.6. The van der Waals surface area contributed by atoms with Gasteiger partial charge in [0.1, 0.15) is 5.75 Å². The van der Waals surface area contributed by atoms with E-state index in [2.05, 4.69) is 0 Å². The van der Waals surface area contributed by atoms with Crippen LogP contribution >= 0.6 is 24.0 Å². The van der Waals surface area contributed by atoms with Crippen LogP contribution in [0.25, 0.3) is 6.08 Å². The number of hydrogen-bond acceptors (Lipinski definition) is 6. The minimum atomic E-state index is -1.31. The van der Waals surface area contributed by atoms with Crippen LogP contribution in [0.2, 0.25) is 0 Å². The van der Waals surface area contributed by atoms with E-state index in [9.17, 15) is 14.7 Å². The molecule has 0 aromatic heterocycles. The minimum Gasteiger partial charge on any atom is -0.545 e. The molecule has 132 valence electrons. The summed E-state index contributed by atoms with van der Waals surface area (Å²) >= 11 is 6.48. The lowest BCUT2D eigenvalue weighted by Crippen LogP contribution is -2.28. The van der Waals surface area contributed by atoms with E-state index in [0.717, 1.165) is 17.3 Å². The van der Waals surface area contributed by atoms with Crippen molar-refractivity contribution in [3.8, 4) is 5.75 Å². The number of hydrogen-bond donors (Lipinski definition) is 0. The first-order chi connectivity index (χ1) is 12.5. The summed E-state index contributed by atoms with van der Waals surface area (Å²) in [6, 6.07) is 13.4. The molecule has 1 amide bonds. The Morgan fingerprint density at radius 3 is 2.77 bits per heavy atom. The fourth-order valence-corrected chi connectivity index (χ4v) is 3.78. The summed E-state index contributed by atoms with van der Waals surface area (Å²) in [6.07, 6.45) is 1.73. The lowest BCUT2D eigenvalue weighted by atomic mass is 10.1. The van der Waals surface area contributed by atoms with Crippen LogP contribution in [0.15, 0.2) is 53.4 Å². The van der Waals surface area contributed by atoms with Crippen molar-refractivity contribution >= 4 is 51.9 Å². The molecule has 0 spiro atoms. The highest BCUT2D eigenvalue weighted by molar-refractivity contribution is 8.27. The Bertz CT molecular complexity index is 923. The molecule has 0 N–H and O–H groups in total. The molecular weight excluding hydrogens is 370 g/mol. The molecule has 3 rings (SSSR count). The average molecular weight is 384 g/mol. The molecule has 1 aliphatic rings. The molecule has 0 radical (unpaired) electrons. The van der Waals surface area contributed by atoms with Crippen LogP contribution in [0.3, 0.4) is 0 Å². The predicted octanol–water partition coefficient (Wildman–Crippen LogP) is 2.85. The van der Waals surface area contributed by atoms with Gasteiger partial charge in [0.15, 0.2) is 4.32 Å². The molecule has 0 saturated carbocycles. The van der Waals surface area contributed by atoms with Gasteiger partial charge in [-0.1, -0.05) is 54.3 Å². The lowest BCUT2D eigenvalue weighted by Gasteiger charge is -2.16. The van der Waals surface area contributed by atoms with Crippen LogP contribution in [-0.2, 0) is 4.79 Å². The molecule has 2 aromatic rings. The summed E-state index contributed by atoms with van der Waals surface area (Å²) < 4.78 is 5.92. The molecule has 0 unspecified atom stereocenters. The molecule has 26 heavy (non-hydrogen) atoms. The van der Waals surface area contributed by atoms with Crippen molar-refractivity contribution in [1.82, 2.24) is 0 Å². The Morgan fingerprint density at radius 1 is 1.27 bits per heavy atom. The van der Waals surface area contributed by atoms with Gasteiger partial charge in [-0.05, 0) is 36.8 Å². The molecule has 0 atom stereocenters. The number of benzene rings is 2. The highest BCUT2D eigenvalue weighted by Gasteiger charge is 2.33. The third-order valence-corrected chi connectivity index (χ3v) is 4.94. The Hall–Kier alpha value is -2.64. The third kappa shape index (κ3) is 3.63. The monoisotopic (exact) mass is 384 g/mol. The molecule has 1 aliphatic heterocycles.